The Balaban J connectivity index is 1.28. The number of ether oxygens (including phenoxy) is 5. The zero-order valence-electron chi connectivity index (χ0n) is 29.9. The molecule has 0 radical (unpaired) electrons. The van der Waals surface area contributed by atoms with E-state index < -0.39 is 23.9 Å². The van der Waals surface area contributed by atoms with Crippen molar-refractivity contribution in [3.63, 3.8) is 0 Å². The monoisotopic (exact) mass is 689 g/mol. The number of nitrogens with zero attached hydrogens (tertiary/aromatic N) is 3. The maximum Gasteiger partial charge on any atom is 0.495 e. The van der Waals surface area contributed by atoms with Gasteiger partial charge in [0, 0.05) is 36.6 Å². The van der Waals surface area contributed by atoms with Gasteiger partial charge in [0.15, 0.2) is 6.23 Å². The van der Waals surface area contributed by atoms with Crippen LogP contribution in [0, 0.1) is 5.92 Å². The minimum Gasteiger partial charge on any atom is -0.444 e. The Kier molecular flexibility index (Phi) is 11.9. The first-order valence-corrected chi connectivity index (χ1v) is 17.5. The number of piperidine rings is 1. The van der Waals surface area contributed by atoms with Crippen LogP contribution in [-0.4, -0.2) is 97.6 Å². The van der Waals surface area contributed by atoms with Gasteiger partial charge in [-0.25, -0.2) is 9.48 Å². The first-order valence-electron chi connectivity index (χ1n) is 17.2. The van der Waals surface area contributed by atoms with Gasteiger partial charge in [0.05, 0.1) is 48.8 Å². The van der Waals surface area contributed by atoms with E-state index in [-0.39, 0.29) is 31.1 Å². The molecule has 3 atom stereocenters. The molecule has 4 heterocycles. The molecule has 0 spiro atoms. The molecule has 1 amide bonds. The molecule has 0 N–H and O–H groups in total. The molecule has 0 aliphatic carbocycles. The molecule has 3 saturated heterocycles. The van der Waals surface area contributed by atoms with Crippen LogP contribution in [0.15, 0.2) is 24.4 Å². The smallest absolute Gasteiger partial charge is 0.444 e. The van der Waals surface area contributed by atoms with Gasteiger partial charge in [-0.3, -0.25) is 0 Å². The van der Waals surface area contributed by atoms with Crippen LogP contribution in [0.1, 0.15) is 85.9 Å². The second-order valence-electron chi connectivity index (χ2n) is 15.1. The normalized spacial score (nSPS) is 24.6. The van der Waals surface area contributed by atoms with Gasteiger partial charge < -0.3 is 37.9 Å². The largest absolute Gasteiger partial charge is 0.495 e. The Hall–Kier alpha value is -2.19. The number of benzene rings is 1. The van der Waals surface area contributed by atoms with Crippen LogP contribution < -0.4 is 5.46 Å². The lowest BCUT2D eigenvalue weighted by Crippen LogP contribution is -2.49. The van der Waals surface area contributed by atoms with E-state index >= 15 is 0 Å². The topological polar surface area (TPSA) is 103 Å². The second-order valence-corrected chi connectivity index (χ2v) is 15.5. The van der Waals surface area contributed by atoms with Crippen molar-refractivity contribution in [2.24, 2.45) is 5.92 Å². The molecule has 5 rings (SSSR count). The Morgan fingerprint density at radius 2 is 1.90 bits per heavy atom. The number of halogens is 1. The molecule has 2 aromatic rings. The van der Waals surface area contributed by atoms with Gasteiger partial charge in [0.25, 0.3) is 0 Å². The molecule has 0 saturated carbocycles. The molecule has 11 nitrogen and oxygen atoms in total. The molecule has 1 unspecified atom stereocenters. The fraction of sp³-hybridized carbons (Fsp3) is 0.714. The zero-order valence-corrected chi connectivity index (χ0v) is 30.6. The van der Waals surface area contributed by atoms with E-state index in [4.69, 9.17) is 49.7 Å². The summed E-state index contributed by atoms with van der Waals surface area (Å²) in [6, 6.07) is 1.98. The van der Waals surface area contributed by atoms with Crippen molar-refractivity contribution >= 4 is 41.2 Å². The number of allylic oxidation sites excluding steroid dienone is 1. The molecule has 3 aliphatic rings. The van der Waals surface area contributed by atoms with Crippen molar-refractivity contribution in [3.8, 4) is 0 Å². The molecular weight excluding hydrogens is 637 g/mol. The Morgan fingerprint density at radius 3 is 2.56 bits per heavy atom. The molecule has 3 fully saturated rings. The highest BCUT2D eigenvalue weighted by atomic mass is 35.5. The molecule has 3 aliphatic heterocycles. The molecule has 1 aromatic heterocycles. The van der Waals surface area contributed by atoms with E-state index in [2.05, 4.69) is 33.8 Å². The van der Waals surface area contributed by atoms with Crippen molar-refractivity contribution in [2.45, 2.75) is 110 Å². The minimum absolute atomic E-state index is 0.0954. The summed E-state index contributed by atoms with van der Waals surface area (Å²) < 4.78 is 43.8. The van der Waals surface area contributed by atoms with Gasteiger partial charge in [-0.15, -0.1) is 0 Å². The van der Waals surface area contributed by atoms with Crippen LogP contribution in [0.4, 0.5) is 4.79 Å². The number of likely N-dealkylation sites (tertiary alicyclic amines) is 1. The van der Waals surface area contributed by atoms with Gasteiger partial charge in [0.1, 0.15) is 12.4 Å². The van der Waals surface area contributed by atoms with Gasteiger partial charge in [-0.05, 0) is 97.7 Å². The second kappa shape index (κ2) is 15.4. The Bertz CT molecular complexity index is 1420. The van der Waals surface area contributed by atoms with E-state index in [1.807, 2.05) is 43.8 Å². The van der Waals surface area contributed by atoms with Crippen molar-refractivity contribution in [1.82, 2.24) is 14.7 Å². The number of aromatic nitrogens is 2. The molecule has 0 bridgehead atoms. The third-order valence-electron chi connectivity index (χ3n) is 9.55. The van der Waals surface area contributed by atoms with Crippen molar-refractivity contribution < 1.29 is 37.8 Å². The van der Waals surface area contributed by atoms with Crippen molar-refractivity contribution in [2.75, 3.05) is 46.8 Å². The van der Waals surface area contributed by atoms with Crippen LogP contribution >= 0.6 is 11.6 Å². The first-order chi connectivity index (χ1) is 22.7. The fourth-order valence-electron chi connectivity index (χ4n) is 6.41. The molecule has 266 valence electrons. The van der Waals surface area contributed by atoms with E-state index in [1.165, 1.54) is 0 Å². The average molecular weight is 690 g/mol. The molecule has 13 heteroatoms. The van der Waals surface area contributed by atoms with Crippen LogP contribution in [0.5, 0.6) is 0 Å². The molecule has 48 heavy (non-hydrogen) atoms. The summed E-state index contributed by atoms with van der Waals surface area (Å²) in [6.07, 6.45) is 9.71. The SMILES string of the molecule is COCO[C@H]1C[C@@H](COC/C=C/Cc2c(Cl)cc3c(cnn3C3CCCCO3)c2B2OC(C)(C)C(C)(C)O2)CN(C(=O)OC(C)(C)C)C1. The maximum atomic E-state index is 12.8. The number of amides is 1. The summed E-state index contributed by atoms with van der Waals surface area (Å²) in [5.41, 5.74) is 1.14. The highest BCUT2D eigenvalue weighted by Crippen LogP contribution is 2.39. The third-order valence-corrected chi connectivity index (χ3v) is 9.88. The van der Waals surface area contributed by atoms with Crippen molar-refractivity contribution in [1.29, 1.82) is 0 Å². The highest BCUT2D eigenvalue weighted by Gasteiger charge is 2.53. The van der Waals surface area contributed by atoms with Gasteiger partial charge in [0.2, 0.25) is 0 Å². The number of carbonyl (C=O) groups is 1. The molecule has 1 aromatic carbocycles. The Morgan fingerprint density at radius 1 is 1.15 bits per heavy atom. The first kappa shape index (κ1) is 37.1. The van der Waals surface area contributed by atoms with E-state index in [0.717, 1.165) is 54.2 Å². The number of carbonyl (C=O) groups excluding carboxylic acids is 1. The van der Waals surface area contributed by atoms with E-state index in [9.17, 15) is 4.79 Å². The minimum atomic E-state index is -0.603. The molecular formula is C35H53BClN3O8. The number of hydrogen-bond donors (Lipinski definition) is 0. The van der Waals surface area contributed by atoms with E-state index in [1.54, 1.807) is 12.0 Å². The Labute approximate surface area is 290 Å². The van der Waals surface area contributed by atoms with Crippen LogP contribution in [0.2, 0.25) is 5.02 Å². The number of fused-ring (bicyclic) bond motifs is 1. The van der Waals surface area contributed by atoms with E-state index in [0.29, 0.717) is 37.7 Å². The van der Waals surface area contributed by atoms with Crippen LogP contribution in [-0.2, 0) is 39.4 Å². The summed E-state index contributed by atoms with van der Waals surface area (Å²) in [7, 11) is 0.984. The standard InChI is InChI=1S/C35H53BClN3O8/c1-33(2,3)46-32(41)39-20-24(17-25(21-39)45-23-42-8)22-43-15-11-9-13-26-28(37)18-29-27(19-38-40(29)30-14-10-12-16-44-30)31(26)36-47-34(4,5)35(6,7)48-36/h9,11,18-19,24-25,30H,10,12-17,20-23H2,1-8H3/b11-9+/t24-,25+,30?/m1/s1. The predicted octanol–water partition coefficient (Wildman–Crippen LogP) is 6.05. The lowest BCUT2D eigenvalue weighted by atomic mass is 9.73. The summed E-state index contributed by atoms with van der Waals surface area (Å²) in [5, 5.41) is 6.34. The predicted molar refractivity (Wildman–Crippen MR) is 186 cm³/mol. The van der Waals surface area contributed by atoms with Gasteiger partial charge >= 0.3 is 13.2 Å². The quantitative estimate of drug-likeness (QED) is 0.121. The lowest BCUT2D eigenvalue weighted by Gasteiger charge is -2.38. The van der Waals surface area contributed by atoms with Crippen molar-refractivity contribution in [3.05, 3.63) is 35.0 Å². The number of methoxy groups -OCH3 is 1. The summed E-state index contributed by atoms with van der Waals surface area (Å²) >= 11 is 7.05. The summed E-state index contributed by atoms with van der Waals surface area (Å²) in [5.74, 6) is 0.0954. The van der Waals surface area contributed by atoms with Crippen LogP contribution in [0.3, 0.4) is 0 Å². The number of hydrogen-bond acceptors (Lipinski definition) is 9. The fourth-order valence-corrected chi connectivity index (χ4v) is 6.69. The maximum absolute atomic E-state index is 12.8. The van der Waals surface area contributed by atoms with Gasteiger partial charge in [-0.2, -0.15) is 5.10 Å². The third kappa shape index (κ3) is 8.75. The van der Waals surface area contributed by atoms with Crippen LogP contribution in [0.25, 0.3) is 10.9 Å². The number of rotatable bonds is 11. The highest BCUT2D eigenvalue weighted by molar-refractivity contribution is 6.66. The van der Waals surface area contributed by atoms with Gasteiger partial charge in [-0.1, -0.05) is 23.8 Å². The summed E-state index contributed by atoms with van der Waals surface area (Å²) in [4.78, 5) is 14.5. The average Bonchev–Trinajstić information content (AvgIpc) is 3.52. The summed E-state index contributed by atoms with van der Waals surface area (Å²) in [6.45, 7) is 16.6. The zero-order chi connectivity index (χ0) is 34.7. The lowest BCUT2D eigenvalue weighted by molar-refractivity contribution is -0.105.